The second-order valence-electron chi connectivity index (χ2n) is 5.06. The summed E-state index contributed by atoms with van der Waals surface area (Å²) >= 11 is 1.55. The van der Waals surface area contributed by atoms with Crippen molar-refractivity contribution in [2.75, 3.05) is 19.0 Å². The molecule has 1 N–H and O–H groups in total. The van der Waals surface area contributed by atoms with E-state index < -0.39 is 4.92 Å². The fourth-order valence-corrected chi connectivity index (χ4v) is 2.83. The smallest absolute Gasteiger partial charge is 0.270 e. The van der Waals surface area contributed by atoms with Gasteiger partial charge in [0.2, 0.25) is 0 Å². The lowest BCUT2D eigenvalue weighted by molar-refractivity contribution is -0.384. The van der Waals surface area contributed by atoms with Crippen LogP contribution in [0.4, 0.5) is 11.4 Å². The lowest BCUT2D eigenvalue weighted by Gasteiger charge is -2.18. The van der Waals surface area contributed by atoms with Gasteiger partial charge in [-0.25, -0.2) is 0 Å². The van der Waals surface area contributed by atoms with Gasteiger partial charge >= 0.3 is 0 Å². The molecule has 0 fully saturated rings. The van der Waals surface area contributed by atoms with Gasteiger partial charge in [-0.15, -0.1) is 11.3 Å². The first-order valence-corrected chi connectivity index (χ1v) is 7.58. The van der Waals surface area contributed by atoms with E-state index >= 15 is 0 Å². The minimum atomic E-state index is -0.501. The lowest BCUT2D eigenvalue weighted by Crippen LogP contribution is -2.28. The molecule has 2 rings (SSSR count). The van der Waals surface area contributed by atoms with E-state index in [1.165, 1.54) is 12.1 Å². The van der Waals surface area contributed by atoms with Crippen LogP contribution in [0.25, 0.3) is 0 Å². The third kappa shape index (κ3) is 3.43. The molecule has 1 aromatic heterocycles. The highest BCUT2D eigenvalue weighted by atomic mass is 32.1. The molecule has 22 heavy (non-hydrogen) atoms. The van der Waals surface area contributed by atoms with Gasteiger partial charge in [-0.05, 0) is 24.4 Å². The van der Waals surface area contributed by atoms with E-state index in [0.717, 1.165) is 4.88 Å². The summed E-state index contributed by atoms with van der Waals surface area (Å²) in [5.41, 5.74) is 0.837. The number of hydrogen-bond donors (Lipinski definition) is 1. The van der Waals surface area contributed by atoms with Gasteiger partial charge in [-0.3, -0.25) is 14.9 Å². The number of non-ortho nitro benzene ring substituents is 1. The zero-order valence-electron chi connectivity index (χ0n) is 12.6. The standard InChI is InChI=1S/C15H17N3O3S/c1-10(14-5-4-8-22-14)16-15(19)12-9-11(18(20)21)6-7-13(12)17(2)3/h4-10H,1-3H3,(H,16,19). The number of nitro groups is 1. The van der Waals surface area contributed by atoms with Crippen LogP contribution in [0.15, 0.2) is 35.7 Å². The number of nitrogens with zero attached hydrogens (tertiary/aromatic N) is 2. The third-order valence-electron chi connectivity index (χ3n) is 3.23. The maximum atomic E-state index is 12.5. The number of amides is 1. The Labute approximate surface area is 132 Å². The van der Waals surface area contributed by atoms with Crippen molar-refractivity contribution in [3.8, 4) is 0 Å². The van der Waals surface area contributed by atoms with Crippen LogP contribution >= 0.6 is 11.3 Å². The zero-order chi connectivity index (χ0) is 16.3. The zero-order valence-corrected chi connectivity index (χ0v) is 13.4. The molecule has 0 spiro atoms. The van der Waals surface area contributed by atoms with Crippen molar-refractivity contribution < 1.29 is 9.72 Å². The average molecular weight is 319 g/mol. The van der Waals surface area contributed by atoms with E-state index in [-0.39, 0.29) is 17.6 Å². The molecule has 0 aliphatic carbocycles. The molecular formula is C15H17N3O3S. The number of nitro benzene ring substituents is 1. The summed E-state index contributed by atoms with van der Waals surface area (Å²) in [6.07, 6.45) is 0. The summed E-state index contributed by atoms with van der Waals surface area (Å²) in [6, 6.07) is 8.00. The molecule has 1 unspecified atom stereocenters. The number of rotatable bonds is 5. The van der Waals surface area contributed by atoms with Crippen LogP contribution in [0, 0.1) is 10.1 Å². The maximum absolute atomic E-state index is 12.5. The van der Waals surface area contributed by atoms with Gasteiger partial charge in [0.1, 0.15) is 0 Å². The molecule has 1 heterocycles. The van der Waals surface area contributed by atoms with Crippen LogP contribution in [-0.4, -0.2) is 24.9 Å². The summed E-state index contributed by atoms with van der Waals surface area (Å²) in [5, 5.41) is 15.8. The Morgan fingerprint density at radius 1 is 1.36 bits per heavy atom. The Balaban J connectivity index is 2.30. The monoisotopic (exact) mass is 319 g/mol. The first-order chi connectivity index (χ1) is 10.4. The molecule has 116 valence electrons. The maximum Gasteiger partial charge on any atom is 0.270 e. The summed E-state index contributed by atoms with van der Waals surface area (Å²) in [4.78, 5) is 25.7. The Bertz CT molecular complexity index is 683. The molecule has 0 bridgehead atoms. The van der Waals surface area contributed by atoms with Gasteiger partial charge in [-0.2, -0.15) is 0 Å². The first-order valence-electron chi connectivity index (χ1n) is 6.70. The highest BCUT2D eigenvalue weighted by molar-refractivity contribution is 7.10. The van der Waals surface area contributed by atoms with Crippen molar-refractivity contribution in [3.05, 3.63) is 56.3 Å². The lowest BCUT2D eigenvalue weighted by atomic mass is 10.1. The second kappa shape index (κ2) is 6.57. The molecular weight excluding hydrogens is 302 g/mol. The van der Waals surface area contributed by atoms with Crippen LogP contribution in [-0.2, 0) is 0 Å². The molecule has 0 aliphatic heterocycles. The molecule has 0 saturated carbocycles. The van der Waals surface area contributed by atoms with Crippen LogP contribution in [0.2, 0.25) is 0 Å². The van der Waals surface area contributed by atoms with Crippen LogP contribution in [0.1, 0.15) is 28.2 Å². The topological polar surface area (TPSA) is 75.5 Å². The van der Waals surface area contributed by atoms with Crippen LogP contribution in [0.3, 0.4) is 0 Å². The van der Waals surface area contributed by atoms with E-state index in [2.05, 4.69) is 5.32 Å². The first kappa shape index (κ1) is 16.0. The van der Waals surface area contributed by atoms with E-state index in [9.17, 15) is 14.9 Å². The summed E-state index contributed by atoms with van der Waals surface area (Å²) < 4.78 is 0. The van der Waals surface area contributed by atoms with Crippen molar-refractivity contribution in [3.63, 3.8) is 0 Å². The molecule has 1 amide bonds. The number of thiophene rings is 1. The third-order valence-corrected chi connectivity index (χ3v) is 4.29. The molecule has 7 heteroatoms. The quantitative estimate of drug-likeness (QED) is 0.678. The van der Waals surface area contributed by atoms with Gasteiger partial charge in [0.15, 0.2) is 0 Å². The Hall–Kier alpha value is -2.41. The van der Waals surface area contributed by atoms with E-state index in [4.69, 9.17) is 0 Å². The van der Waals surface area contributed by atoms with Crippen LogP contribution in [0.5, 0.6) is 0 Å². The van der Waals surface area contributed by atoms with Crippen molar-refractivity contribution in [2.45, 2.75) is 13.0 Å². The molecule has 2 aromatic rings. The number of carbonyl (C=O) groups excluding carboxylic acids is 1. The predicted octanol–water partition coefficient (Wildman–Crippen LogP) is 3.21. The van der Waals surface area contributed by atoms with Gasteiger partial charge in [0.25, 0.3) is 11.6 Å². The second-order valence-corrected chi connectivity index (χ2v) is 6.04. The summed E-state index contributed by atoms with van der Waals surface area (Å²) in [7, 11) is 3.58. The van der Waals surface area contributed by atoms with Gasteiger partial charge in [-0.1, -0.05) is 6.07 Å². The average Bonchev–Trinajstić information content (AvgIpc) is 3.00. The predicted molar refractivity (Wildman–Crippen MR) is 87.6 cm³/mol. The highest BCUT2D eigenvalue weighted by Crippen LogP contribution is 2.25. The Morgan fingerprint density at radius 3 is 2.64 bits per heavy atom. The minimum absolute atomic E-state index is 0.0977. The largest absolute Gasteiger partial charge is 0.377 e. The van der Waals surface area contributed by atoms with E-state index in [1.807, 2.05) is 24.4 Å². The fraction of sp³-hybridized carbons (Fsp3) is 0.267. The van der Waals surface area contributed by atoms with E-state index in [1.54, 1.807) is 36.4 Å². The van der Waals surface area contributed by atoms with Crippen molar-refractivity contribution >= 4 is 28.6 Å². The van der Waals surface area contributed by atoms with Gasteiger partial charge in [0.05, 0.1) is 16.5 Å². The molecule has 0 aliphatic rings. The SMILES string of the molecule is CC(NC(=O)c1cc([N+](=O)[O-])ccc1N(C)C)c1cccs1. The number of hydrogen-bond acceptors (Lipinski definition) is 5. The molecule has 1 aromatic carbocycles. The molecule has 0 saturated heterocycles. The van der Waals surface area contributed by atoms with Crippen molar-refractivity contribution in [1.29, 1.82) is 0 Å². The summed E-state index contributed by atoms with van der Waals surface area (Å²) in [6.45, 7) is 1.89. The number of carbonyl (C=O) groups is 1. The van der Waals surface area contributed by atoms with Crippen molar-refractivity contribution in [1.82, 2.24) is 5.32 Å². The number of benzene rings is 1. The number of nitrogens with one attached hydrogen (secondary N) is 1. The number of anilines is 1. The fourth-order valence-electron chi connectivity index (χ4n) is 2.09. The minimum Gasteiger partial charge on any atom is -0.377 e. The highest BCUT2D eigenvalue weighted by Gasteiger charge is 2.20. The molecule has 6 nitrogen and oxygen atoms in total. The van der Waals surface area contributed by atoms with E-state index in [0.29, 0.717) is 11.3 Å². The van der Waals surface area contributed by atoms with Gasteiger partial charge in [0, 0.05) is 36.8 Å². The Kier molecular flexibility index (Phi) is 4.77. The van der Waals surface area contributed by atoms with Crippen molar-refractivity contribution in [2.24, 2.45) is 0 Å². The normalized spacial score (nSPS) is 11.8. The van der Waals surface area contributed by atoms with Crippen LogP contribution < -0.4 is 10.2 Å². The molecule has 1 atom stereocenters. The molecule has 0 radical (unpaired) electrons. The Morgan fingerprint density at radius 2 is 2.09 bits per heavy atom. The van der Waals surface area contributed by atoms with Gasteiger partial charge < -0.3 is 10.2 Å². The summed E-state index contributed by atoms with van der Waals surface area (Å²) in [5.74, 6) is -0.326.